The van der Waals surface area contributed by atoms with Gasteiger partial charge in [-0.05, 0) is 18.8 Å². The molecule has 0 aliphatic carbocycles. The van der Waals surface area contributed by atoms with Crippen molar-refractivity contribution in [3.05, 3.63) is 17.5 Å². The molecule has 1 aliphatic heterocycles. The van der Waals surface area contributed by atoms with Gasteiger partial charge in [-0.15, -0.1) is 0 Å². The molecule has 4 nitrogen and oxygen atoms in total. The van der Waals surface area contributed by atoms with Crippen molar-refractivity contribution >= 4 is 5.95 Å². The van der Waals surface area contributed by atoms with Gasteiger partial charge in [0.25, 0.3) is 0 Å². The lowest BCUT2D eigenvalue weighted by atomic mass is 10.0. The van der Waals surface area contributed by atoms with Crippen LogP contribution in [0.1, 0.15) is 25.1 Å². The smallest absolute Gasteiger partial charge is 0.225 e. The quantitative estimate of drug-likeness (QED) is 0.819. The van der Waals surface area contributed by atoms with Gasteiger partial charge in [0.15, 0.2) is 0 Å². The zero-order valence-electron chi connectivity index (χ0n) is 10.1. The molecule has 2 unspecified atom stereocenters. The first-order valence-electron chi connectivity index (χ1n) is 5.80. The summed E-state index contributed by atoms with van der Waals surface area (Å²) in [6.07, 6.45) is 1.73. The van der Waals surface area contributed by atoms with Gasteiger partial charge in [0.2, 0.25) is 5.95 Å². The Morgan fingerprint density at radius 2 is 2.00 bits per heavy atom. The topological polar surface area (TPSA) is 49.2 Å². The van der Waals surface area contributed by atoms with Crippen LogP contribution in [0.2, 0.25) is 0 Å². The molecule has 0 bridgehead atoms. The lowest BCUT2D eigenvalue weighted by molar-refractivity contribution is 0.280. The molecule has 2 heterocycles. The maximum absolute atomic E-state index is 9.07. The van der Waals surface area contributed by atoms with Crippen LogP contribution in [0.3, 0.4) is 0 Å². The molecular weight excluding hydrogens is 202 g/mol. The number of aliphatic hydroxyl groups is 1. The number of aliphatic hydroxyl groups excluding tert-OH is 1. The van der Waals surface area contributed by atoms with E-state index in [4.69, 9.17) is 5.11 Å². The number of anilines is 1. The van der Waals surface area contributed by atoms with E-state index in [9.17, 15) is 0 Å². The second kappa shape index (κ2) is 4.37. The van der Waals surface area contributed by atoms with Crippen LogP contribution in [0, 0.1) is 18.8 Å². The Balaban J connectivity index is 2.19. The van der Waals surface area contributed by atoms with Crippen LogP contribution in [0.5, 0.6) is 0 Å². The highest BCUT2D eigenvalue weighted by atomic mass is 16.3. The number of aryl methyl sites for hydroxylation is 1. The molecule has 1 aromatic rings. The molecule has 1 aromatic heterocycles. The molecule has 0 saturated carbocycles. The van der Waals surface area contributed by atoms with Crippen LogP contribution in [-0.2, 0) is 6.61 Å². The maximum Gasteiger partial charge on any atom is 0.225 e. The fraction of sp³-hybridized carbons (Fsp3) is 0.667. The van der Waals surface area contributed by atoms with Gasteiger partial charge in [-0.1, -0.05) is 13.8 Å². The Morgan fingerprint density at radius 1 is 1.38 bits per heavy atom. The average molecular weight is 221 g/mol. The Labute approximate surface area is 96.3 Å². The summed E-state index contributed by atoms with van der Waals surface area (Å²) in [5, 5.41) is 9.07. The molecular formula is C12H19N3O. The van der Waals surface area contributed by atoms with E-state index in [2.05, 4.69) is 28.7 Å². The van der Waals surface area contributed by atoms with Crippen molar-refractivity contribution in [1.29, 1.82) is 0 Å². The third-order valence-electron chi connectivity index (χ3n) is 3.51. The summed E-state index contributed by atoms with van der Waals surface area (Å²) in [6, 6.07) is 0. The summed E-state index contributed by atoms with van der Waals surface area (Å²) < 4.78 is 0. The molecule has 4 heteroatoms. The molecule has 0 amide bonds. The minimum Gasteiger partial charge on any atom is -0.392 e. The third-order valence-corrected chi connectivity index (χ3v) is 3.51. The molecule has 2 atom stereocenters. The summed E-state index contributed by atoms with van der Waals surface area (Å²) in [5.74, 6) is 2.19. The van der Waals surface area contributed by atoms with Crippen molar-refractivity contribution in [2.75, 3.05) is 18.0 Å². The molecule has 0 spiro atoms. The van der Waals surface area contributed by atoms with Gasteiger partial charge in [-0.3, -0.25) is 0 Å². The average Bonchev–Trinajstić information content (AvgIpc) is 2.59. The maximum atomic E-state index is 9.07. The zero-order valence-corrected chi connectivity index (χ0v) is 10.1. The van der Waals surface area contributed by atoms with Crippen molar-refractivity contribution in [3.63, 3.8) is 0 Å². The normalized spacial score (nSPS) is 25.1. The zero-order chi connectivity index (χ0) is 11.7. The molecule has 0 radical (unpaired) electrons. The fourth-order valence-corrected chi connectivity index (χ4v) is 2.08. The van der Waals surface area contributed by atoms with Gasteiger partial charge in [-0.2, -0.15) is 0 Å². The van der Waals surface area contributed by atoms with E-state index in [1.54, 1.807) is 6.20 Å². The Hall–Kier alpha value is -1.16. The summed E-state index contributed by atoms with van der Waals surface area (Å²) in [7, 11) is 0. The summed E-state index contributed by atoms with van der Waals surface area (Å²) in [6.45, 7) is 8.51. The standard InChI is InChI=1S/C12H19N3O/c1-8-5-15(6-9(8)2)12-13-4-11(7-16)10(3)14-12/h4,8-9,16H,5-7H2,1-3H3. The van der Waals surface area contributed by atoms with E-state index in [0.717, 1.165) is 30.3 Å². The highest BCUT2D eigenvalue weighted by molar-refractivity contribution is 5.34. The minimum atomic E-state index is 0.0128. The van der Waals surface area contributed by atoms with Crippen molar-refractivity contribution in [2.24, 2.45) is 11.8 Å². The highest BCUT2D eigenvalue weighted by Crippen LogP contribution is 2.25. The first kappa shape index (κ1) is 11.3. The van der Waals surface area contributed by atoms with Gasteiger partial charge < -0.3 is 10.0 Å². The Bertz CT molecular complexity index is 371. The van der Waals surface area contributed by atoms with Crippen molar-refractivity contribution in [1.82, 2.24) is 9.97 Å². The first-order chi connectivity index (χ1) is 7.61. The molecule has 1 fully saturated rings. The molecule has 16 heavy (non-hydrogen) atoms. The van der Waals surface area contributed by atoms with Gasteiger partial charge in [0.05, 0.1) is 6.61 Å². The van der Waals surface area contributed by atoms with Crippen LogP contribution in [0.25, 0.3) is 0 Å². The molecule has 1 aliphatic rings. The monoisotopic (exact) mass is 221 g/mol. The predicted molar refractivity (Wildman–Crippen MR) is 63.2 cm³/mol. The van der Waals surface area contributed by atoms with Gasteiger partial charge in [0.1, 0.15) is 0 Å². The lowest BCUT2D eigenvalue weighted by Gasteiger charge is -2.16. The predicted octanol–water partition coefficient (Wildman–Crippen LogP) is 1.37. The van der Waals surface area contributed by atoms with Crippen LogP contribution < -0.4 is 4.90 Å². The van der Waals surface area contributed by atoms with Crippen LogP contribution in [0.4, 0.5) is 5.95 Å². The molecule has 0 aromatic carbocycles. The van der Waals surface area contributed by atoms with Gasteiger partial charge in [0, 0.05) is 30.5 Å². The van der Waals surface area contributed by atoms with Crippen LogP contribution in [-0.4, -0.2) is 28.2 Å². The Kier molecular flexibility index (Phi) is 3.10. The van der Waals surface area contributed by atoms with Crippen molar-refractivity contribution < 1.29 is 5.11 Å². The van der Waals surface area contributed by atoms with E-state index in [1.165, 1.54) is 0 Å². The van der Waals surface area contributed by atoms with Gasteiger partial charge in [-0.25, -0.2) is 9.97 Å². The fourth-order valence-electron chi connectivity index (χ4n) is 2.08. The van der Waals surface area contributed by atoms with E-state index in [-0.39, 0.29) is 6.61 Å². The lowest BCUT2D eigenvalue weighted by Crippen LogP contribution is -2.22. The SMILES string of the molecule is Cc1nc(N2CC(C)C(C)C2)ncc1CO. The van der Waals surface area contributed by atoms with E-state index < -0.39 is 0 Å². The van der Waals surface area contributed by atoms with Crippen molar-refractivity contribution in [2.45, 2.75) is 27.4 Å². The number of hydrogen-bond donors (Lipinski definition) is 1. The number of aromatic nitrogens is 2. The third kappa shape index (κ3) is 2.02. The highest BCUT2D eigenvalue weighted by Gasteiger charge is 2.27. The summed E-state index contributed by atoms with van der Waals surface area (Å²) in [5.41, 5.74) is 1.68. The minimum absolute atomic E-state index is 0.0128. The first-order valence-corrected chi connectivity index (χ1v) is 5.80. The number of nitrogens with zero attached hydrogens (tertiary/aromatic N) is 3. The summed E-state index contributed by atoms with van der Waals surface area (Å²) >= 11 is 0. The summed E-state index contributed by atoms with van der Waals surface area (Å²) in [4.78, 5) is 11.0. The second-order valence-electron chi connectivity index (χ2n) is 4.80. The van der Waals surface area contributed by atoms with E-state index in [1.807, 2.05) is 6.92 Å². The van der Waals surface area contributed by atoms with E-state index in [0.29, 0.717) is 11.8 Å². The number of rotatable bonds is 2. The van der Waals surface area contributed by atoms with Crippen LogP contribution >= 0.6 is 0 Å². The molecule has 1 saturated heterocycles. The molecule has 88 valence electrons. The Morgan fingerprint density at radius 3 is 2.50 bits per heavy atom. The van der Waals surface area contributed by atoms with Gasteiger partial charge >= 0.3 is 0 Å². The second-order valence-corrected chi connectivity index (χ2v) is 4.80. The molecule has 1 N–H and O–H groups in total. The van der Waals surface area contributed by atoms with Crippen LogP contribution in [0.15, 0.2) is 6.20 Å². The molecule has 2 rings (SSSR count). The largest absolute Gasteiger partial charge is 0.392 e. The number of hydrogen-bond acceptors (Lipinski definition) is 4. The van der Waals surface area contributed by atoms with E-state index >= 15 is 0 Å². The van der Waals surface area contributed by atoms with Crippen molar-refractivity contribution in [3.8, 4) is 0 Å².